The zero-order valence-electron chi connectivity index (χ0n) is 14.0. The topological polar surface area (TPSA) is 152 Å². The number of rotatable bonds is 8. The standard InChI is InChI=1S/C15H16N4O7/c1-2-3-6-24-13-10(20)7-9(8-17-18-16)25-14(13)15(23)26-19-11(21)4-5-12(19)22/h7H,2-6,8H2,1H3. The number of unbranched alkanes of at least 4 members (excludes halogenated alkanes) is 1. The molecule has 0 aliphatic carbocycles. The van der Waals surface area contributed by atoms with Gasteiger partial charge in [0.05, 0.1) is 13.2 Å². The van der Waals surface area contributed by atoms with Gasteiger partial charge in [-0.3, -0.25) is 14.4 Å². The van der Waals surface area contributed by atoms with Crippen LogP contribution < -0.4 is 10.2 Å². The lowest BCUT2D eigenvalue weighted by atomic mass is 10.3. The zero-order valence-corrected chi connectivity index (χ0v) is 14.0. The van der Waals surface area contributed by atoms with E-state index in [1.807, 2.05) is 6.92 Å². The summed E-state index contributed by atoms with van der Waals surface area (Å²) in [5.41, 5.74) is 7.68. The van der Waals surface area contributed by atoms with Gasteiger partial charge in [0, 0.05) is 23.8 Å². The van der Waals surface area contributed by atoms with E-state index in [2.05, 4.69) is 10.0 Å². The number of hydrogen-bond donors (Lipinski definition) is 0. The molecule has 0 N–H and O–H groups in total. The average molecular weight is 364 g/mol. The molecule has 0 spiro atoms. The SMILES string of the molecule is CCCCOc1c(C(=O)ON2C(=O)CCC2=O)oc(CN=[N+]=[N-])cc1=O. The van der Waals surface area contributed by atoms with E-state index in [4.69, 9.17) is 19.5 Å². The monoisotopic (exact) mass is 364 g/mol. The van der Waals surface area contributed by atoms with Gasteiger partial charge in [-0.25, -0.2) is 4.79 Å². The molecule has 138 valence electrons. The molecule has 0 saturated carbocycles. The van der Waals surface area contributed by atoms with Crippen LogP contribution in [0.5, 0.6) is 5.75 Å². The fourth-order valence-electron chi connectivity index (χ4n) is 2.08. The van der Waals surface area contributed by atoms with Crippen LogP contribution >= 0.6 is 0 Å². The van der Waals surface area contributed by atoms with Crippen molar-refractivity contribution in [3.05, 3.63) is 38.3 Å². The van der Waals surface area contributed by atoms with Gasteiger partial charge in [-0.2, -0.15) is 0 Å². The molecule has 0 aromatic carbocycles. The van der Waals surface area contributed by atoms with Crippen LogP contribution in [0, 0.1) is 0 Å². The normalized spacial score (nSPS) is 13.5. The van der Waals surface area contributed by atoms with Gasteiger partial charge >= 0.3 is 5.97 Å². The Morgan fingerprint density at radius 1 is 1.35 bits per heavy atom. The molecule has 0 atom stereocenters. The number of hydroxylamine groups is 2. The number of hydrogen-bond acceptors (Lipinski definition) is 8. The highest BCUT2D eigenvalue weighted by molar-refractivity contribution is 6.02. The maximum absolute atomic E-state index is 12.3. The van der Waals surface area contributed by atoms with Crippen LogP contribution in [-0.2, 0) is 21.0 Å². The van der Waals surface area contributed by atoms with E-state index in [1.165, 1.54) is 0 Å². The molecule has 0 radical (unpaired) electrons. The van der Waals surface area contributed by atoms with Crippen molar-refractivity contribution in [3.63, 3.8) is 0 Å². The highest BCUT2D eigenvalue weighted by atomic mass is 16.7. The van der Waals surface area contributed by atoms with Gasteiger partial charge in [-0.15, -0.1) is 5.06 Å². The Hall–Kier alpha value is -3.33. The second-order valence-corrected chi connectivity index (χ2v) is 5.29. The summed E-state index contributed by atoms with van der Waals surface area (Å²) < 4.78 is 10.6. The highest BCUT2D eigenvalue weighted by Crippen LogP contribution is 2.20. The number of imide groups is 1. The summed E-state index contributed by atoms with van der Waals surface area (Å²) in [6.07, 6.45) is 1.26. The Kier molecular flexibility index (Phi) is 6.34. The van der Waals surface area contributed by atoms with Crippen molar-refractivity contribution >= 4 is 17.8 Å². The Morgan fingerprint density at radius 2 is 2.04 bits per heavy atom. The first-order valence-electron chi connectivity index (χ1n) is 7.86. The van der Waals surface area contributed by atoms with E-state index in [0.717, 1.165) is 12.5 Å². The number of nitrogens with zero attached hydrogens (tertiary/aromatic N) is 4. The summed E-state index contributed by atoms with van der Waals surface area (Å²) in [6.45, 7) is 1.75. The van der Waals surface area contributed by atoms with Gasteiger partial charge in [0.25, 0.3) is 17.6 Å². The van der Waals surface area contributed by atoms with Crippen molar-refractivity contribution in [3.8, 4) is 5.75 Å². The lowest BCUT2D eigenvalue weighted by Crippen LogP contribution is -2.32. The third-order valence-corrected chi connectivity index (χ3v) is 3.35. The van der Waals surface area contributed by atoms with E-state index in [0.29, 0.717) is 11.5 Å². The third kappa shape index (κ3) is 4.39. The number of carbonyl (C=O) groups is 3. The lowest BCUT2D eigenvalue weighted by molar-refractivity contribution is -0.173. The van der Waals surface area contributed by atoms with Gasteiger partial charge < -0.3 is 14.0 Å². The van der Waals surface area contributed by atoms with E-state index >= 15 is 0 Å². The first kappa shape index (κ1) is 19.0. The van der Waals surface area contributed by atoms with E-state index in [9.17, 15) is 19.2 Å². The maximum Gasteiger partial charge on any atom is 0.403 e. The van der Waals surface area contributed by atoms with E-state index < -0.39 is 34.7 Å². The first-order chi connectivity index (χ1) is 12.5. The Labute approximate surface area is 147 Å². The molecule has 2 amide bonds. The maximum atomic E-state index is 12.3. The van der Waals surface area contributed by atoms with E-state index in [-0.39, 0.29) is 31.8 Å². The molecule has 2 rings (SSSR count). The predicted octanol–water partition coefficient (Wildman–Crippen LogP) is 1.85. The largest absolute Gasteiger partial charge is 0.486 e. The summed E-state index contributed by atoms with van der Waals surface area (Å²) in [6, 6.07) is 1.03. The average Bonchev–Trinajstić information content (AvgIpc) is 2.93. The molecule has 0 unspecified atom stereocenters. The van der Waals surface area contributed by atoms with E-state index in [1.54, 1.807) is 0 Å². The molecule has 1 aromatic rings. The van der Waals surface area contributed by atoms with Gasteiger partial charge in [0.15, 0.2) is 0 Å². The van der Waals surface area contributed by atoms with Crippen molar-refractivity contribution in [1.29, 1.82) is 0 Å². The molecule has 11 nitrogen and oxygen atoms in total. The van der Waals surface area contributed by atoms with Crippen molar-refractivity contribution in [1.82, 2.24) is 5.06 Å². The fraction of sp³-hybridized carbons (Fsp3) is 0.467. The summed E-state index contributed by atoms with van der Waals surface area (Å²) in [5, 5.41) is 3.58. The summed E-state index contributed by atoms with van der Waals surface area (Å²) >= 11 is 0. The number of ether oxygens (including phenoxy) is 1. The molecule has 1 aromatic heterocycles. The van der Waals surface area contributed by atoms with Gasteiger partial charge in [-0.05, 0) is 12.0 Å². The second-order valence-electron chi connectivity index (χ2n) is 5.29. The van der Waals surface area contributed by atoms with Crippen molar-refractivity contribution in [2.24, 2.45) is 5.11 Å². The van der Waals surface area contributed by atoms with Crippen LogP contribution in [0.25, 0.3) is 10.4 Å². The van der Waals surface area contributed by atoms with Gasteiger partial charge in [-0.1, -0.05) is 18.5 Å². The van der Waals surface area contributed by atoms with Crippen LogP contribution in [0.1, 0.15) is 48.9 Å². The van der Waals surface area contributed by atoms with Crippen LogP contribution in [0.3, 0.4) is 0 Å². The van der Waals surface area contributed by atoms with Crippen LogP contribution in [-0.4, -0.2) is 29.5 Å². The Morgan fingerprint density at radius 3 is 2.65 bits per heavy atom. The summed E-state index contributed by atoms with van der Waals surface area (Å²) in [7, 11) is 0. The molecule has 11 heteroatoms. The Balaban J connectivity index is 2.34. The molecular weight excluding hydrogens is 348 g/mol. The quantitative estimate of drug-likeness (QED) is 0.224. The summed E-state index contributed by atoms with van der Waals surface area (Å²) in [4.78, 5) is 55.0. The molecule has 1 fully saturated rings. The fourth-order valence-corrected chi connectivity index (χ4v) is 2.08. The van der Waals surface area contributed by atoms with Crippen molar-refractivity contribution in [2.45, 2.75) is 39.2 Å². The van der Waals surface area contributed by atoms with Crippen LogP contribution in [0.15, 0.2) is 20.4 Å². The Bertz CT molecular complexity index is 810. The van der Waals surface area contributed by atoms with Gasteiger partial charge in [0.1, 0.15) is 5.76 Å². The minimum Gasteiger partial charge on any atom is -0.486 e. The predicted molar refractivity (Wildman–Crippen MR) is 84.7 cm³/mol. The van der Waals surface area contributed by atoms with Crippen molar-refractivity contribution < 1.29 is 28.4 Å². The van der Waals surface area contributed by atoms with Crippen LogP contribution in [0.4, 0.5) is 0 Å². The number of carbonyl (C=O) groups excluding carboxylic acids is 3. The van der Waals surface area contributed by atoms with Gasteiger partial charge in [0.2, 0.25) is 11.2 Å². The molecular formula is C15H16N4O7. The minimum atomic E-state index is -1.24. The zero-order chi connectivity index (χ0) is 19.1. The third-order valence-electron chi connectivity index (χ3n) is 3.35. The molecule has 26 heavy (non-hydrogen) atoms. The first-order valence-corrected chi connectivity index (χ1v) is 7.86. The smallest absolute Gasteiger partial charge is 0.403 e. The molecule has 1 saturated heterocycles. The second kappa shape index (κ2) is 8.67. The number of azide groups is 1. The van der Waals surface area contributed by atoms with Crippen molar-refractivity contribution in [2.75, 3.05) is 6.61 Å². The lowest BCUT2D eigenvalue weighted by Gasteiger charge is -2.14. The number of amides is 2. The molecule has 1 aliphatic rings. The molecule has 0 bridgehead atoms. The molecule has 2 heterocycles. The summed E-state index contributed by atoms with van der Waals surface area (Å²) in [5.74, 6) is -3.69. The van der Waals surface area contributed by atoms with Crippen LogP contribution in [0.2, 0.25) is 0 Å². The highest BCUT2D eigenvalue weighted by Gasteiger charge is 2.35. The minimum absolute atomic E-state index is 0.0765. The molecule has 1 aliphatic heterocycles.